The van der Waals surface area contributed by atoms with E-state index in [0.29, 0.717) is 5.41 Å². The van der Waals surface area contributed by atoms with E-state index in [-0.39, 0.29) is 0 Å². The number of aromatic amines is 1. The summed E-state index contributed by atoms with van der Waals surface area (Å²) in [5, 5.41) is 7.93. The SMILES string of the molecule is CNC1=Cc2[nH]c(C3=NNC4=C(CCC(C)(C)CC4)C3)cc2CC=C1. The van der Waals surface area contributed by atoms with Crippen molar-refractivity contribution in [1.29, 1.82) is 0 Å². The van der Waals surface area contributed by atoms with Gasteiger partial charge in [0.2, 0.25) is 0 Å². The molecule has 2 heterocycles. The maximum atomic E-state index is 4.70. The molecule has 1 aromatic heterocycles. The Morgan fingerprint density at radius 2 is 2.04 bits per heavy atom. The van der Waals surface area contributed by atoms with Gasteiger partial charge in [-0.2, -0.15) is 5.10 Å². The van der Waals surface area contributed by atoms with Gasteiger partial charge in [-0.1, -0.05) is 19.9 Å². The lowest BCUT2D eigenvalue weighted by Gasteiger charge is -2.21. The second-order valence-corrected chi connectivity index (χ2v) is 8.17. The molecule has 4 nitrogen and oxygen atoms in total. The topological polar surface area (TPSA) is 52.2 Å². The summed E-state index contributed by atoms with van der Waals surface area (Å²) in [5.41, 5.74) is 12.6. The summed E-state index contributed by atoms with van der Waals surface area (Å²) >= 11 is 0. The number of hydrogen-bond donors (Lipinski definition) is 3. The number of allylic oxidation sites excluding steroid dienone is 4. The van der Waals surface area contributed by atoms with Crippen LogP contribution in [0.2, 0.25) is 0 Å². The van der Waals surface area contributed by atoms with Crippen molar-refractivity contribution in [2.24, 2.45) is 10.5 Å². The number of nitrogens with one attached hydrogen (secondary N) is 3. The molecule has 0 aromatic carbocycles. The minimum atomic E-state index is 0.434. The van der Waals surface area contributed by atoms with Gasteiger partial charge >= 0.3 is 0 Å². The van der Waals surface area contributed by atoms with Crippen LogP contribution in [0, 0.1) is 5.41 Å². The van der Waals surface area contributed by atoms with E-state index >= 15 is 0 Å². The van der Waals surface area contributed by atoms with Gasteiger partial charge in [0.25, 0.3) is 0 Å². The van der Waals surface area contributed by atoms with Crippen molar-refractivity contribution in [3.8, 4) is 0 Å². The number of hydrogen-bond acceptors (Lipinski definition) is 3. The average molecular weight is 336 g/mol. The number of nitrogens with zero attached hydrogens (tertiary/aromatic N) is 1. The molecule has 132 valence electrons. The van der Waals surface area contributed by atoms with Crippen molar-refractivity contribution in [2.75, 3.05) is 7.05 Å². The molecule has 25 heavy (non-hydrogen) atoms. The monoisotopic (exact) mass is 336 g/mol. The molecule has 0 atom stereocenters. The van der Waals surface area contributed by atoms with Gasteiger partial charge in [0, 0.05) is 30.6 Å². The molecule has 3 aliphatic rings. The molecular weight excluding hydrogens is 308 g/mol. The van der Waals surface area contributed by atoms with Gasteiger partial charge in [0.1, 0.15) is 0 Å². The molecule has 3 N–H and O–H groups in total. The molecule has 0 amide bonds. The molecule has 0 saturated heterocycles. The fourth-order valence-electron chi connectivity index (χ4n) is 3.91. The minimum absolute atomic E-state index is 0.434. The first-order valence-electron chi connectivity index (χ1n) is 9.36. The molecule has 4 heteroatoms. The summed E-state index contributed by atoms with van der Waals surface area (Å²) in [4.78, 5) is 3.59. The van der Waals surface area contributed by atoms with Crippen LogP contribution >= 0.6 is 0 Å². The van der Waals surface area contributed by atoms with Crippen LogP contribution in [0.15, 0.2) is 40.3 Å². The van der Waals surface area contributed by atoms with Crippen LogP contribution in [0.1, 0.15) is 62.9 Å². The van der Waals surface area contributed by atoms with E-state index in [0.717, 1.165) is 36.4 Å². The number of rotatable bonds is 2. The van der Waals surface area contributed by atoms with Gasteiger partial charge in [-0.25, -0.2) is 0 Å². The Morgan fingerprint density at radius 3 is 2.88 bits per heavy atom. The fraction of sp³-hybridized carbons (Fsp3) is 0.476. The van der Waals surface area contributed by atoms with E-state index in [1.165, 1.54) is 36.2 Å². The maximum Gasteiger partial charge on any atom is 0.0882 e. The Bertz CT molecular complexity index is 802. The van der Waals surface area contributed by atoms with Crippen LogP contribution in [0.3, 0.4) is 0 Å². The first kappa shape index (κ1) is 16.2. The zero-order valence-corrected chi connectivity index (χ0v) is 15.5. The van der Waals surface area contributed by atoms with Crippen LogP contribution in [0.4, 0.5) is 0 Å². The standard InChI is InChI=1S/C21H28N4/c1-21(2)9-7-15-12-20(25-24-17(15)8-10-21)19-11-14-5-4-6-16(22-3)13-18(14)23-19/h4,6,11,13,22-24H,5,7-10,12H2,1-3H3. The van der Waals surface area contributed by atoms with Crippen molar-refractivity contribution in [2.45, 2.75) is 52.4 Å². The second kappa shape index (κ2) is 6.25. The summed E-state index contributed by atoms with van der Waals surface area (Å²) in [6, 6.07) is 2.27. The molecule has 0 fully saturated rings. The molecule has 1 aliphatic heterocycles. The van der Waals surface area contributed by atoms with Crippen LogP contribution in [0.25, 0.3) is 6.08 Å². The highest BCUT2D eigenvalue weighted by molar-refractivity contribution is 6.01. The normalized spacial score (nSPS) is 22.0. The summed E-state index contributed by atoms with van der Waals surface area (Å²) in [7, 11) is 1.96. The van der Waals surface area contributed by atoms with E-state index in [1.807, 2.05) is 7.05 Å². The number of H-pyrrole nitrogens is 1. The number of aromatic nitrogens is 1. The largest absolute Gasteiger partial charge is 0.388 e. The van der Waals surface area contributed by atoms with Crippen molar-refractivity contribution in [3.05, 3.63) is 52.1 Å². The summed E-state index contributed by atoms with van der Waals surface area (Å²) in [6.45, 7) is 4.77. The van der Waals surface area contributed by atoms with Crippen molar-refractivity contribution < 1.29 is 0 Å². The van der Waals surface area contributed by atoms with Gasteiger partial charge in [-0.3, -0.25) is 5.43 Å². The van der Waals surface area contributed by atoms with E-state index in [4.69, 9.17) is 5.10 Å². The molecule has 2 aliphatic carbocycles. The van der Waals surface area contributed by atoms with Gasteiger partial charge in [0.05, 0.1) is 11.4 Å². The third-order valence-electron chi connectivity index (χ3n) is 5.76. The average Bonchev–Trinajstić information content (AvgIpc) is 2.80. The van der Waals surface area contributed by atoms with Crippen molar-refractivity contribution >= 4 is 11.8 Å². The number of hydrazone groups is 1. The van der Waals surface area contributed by atoms with E-state index < -0.39 is 0 Å². The quantitative estimate of drug-likeness (QED) is 0.756. The zero-order chi connectivity index (χ0) is 17.4. The zero-order valence-electron chi connectivity index (χ0n) is 15.5. The molecular formula is C21H28N4. The number of likely N-dealkylation sites (N-methyl/N-ethyl adjacent to an activating group) is 1. The predicted octanol–water partition coefficient (Wildman–Crippen LogP) is 4.24. The van der Waals surface area contributed by atoms with Gasteiger partial charge < -0.3 is 10.3 Å². The third-order valence-corrected chi connectivity index (χ3v) is 5.76. The van der Waals surface area contributed by atoms with Gasteiger partial charge in [-0.15, -0.1) is 0 Å². The Morgan fingerprint density at radius 1 is 1.20 bits per heavy atom. The van der Waals surface area contributed by atoms with Crippen molar-refractivity contribution in [3.63, 3.8) is 0 Å². The Balaban J connectivity index is 1.56. The van der Waals surface area contributed by atoms with E-state index in [1.54, 1.807) is 5.57 Å². The number of fused-ring (bicyclic) bond motifs is 1. The van der Waals surface area contributed by atoms with E-state index in [9.17, 15) is 0 Å². The second-order valence-electron chi connectivity index (χ2n) is 8.17. The van der Waals surface area contributed by atoms with Crippen LogP contribution in [-0.4, -0.2) is 17.7 Å². The first-order chi connectivity index (χ1) is 12.0. The molecule has 0 unspecified atom stereocenters. The van der Waals surface area contributed by atoms with Crippen LogP contribution in [-0.2, 0) is 6.42 Å². The fourth-order valence-corrected chi connectivity index (χ4v) is 3.91. The Kier molecular flexibility index (Phi) is 4.06. The highest BCUT2D eigenvalue weighted by Crippen LogP contribution is 2.38. The lowest BCUT2D eigenvalue weighted by Crippen LogP contribution is -2.20. The van der Waals surface area contributed by atoms with Gasteiger partial charge in [0.15, 0.2) is 0 Å². The Hall–Kier alpha value is -2.23. The highest BCUT2D eigenvalue weighted by atomic mass is 15.3. The van der Waals surface area contributed by atoms with Gasteiger partial charge in [-0.05, 0) is 66.9 Å². The van der Waals surface area contributed by atoms with E-state index in [2.05, 4.69) is 53.9 Å². The predicted molar refractivity (Wildman–Crippen MR) is 104 cm³/mol. The summed E-state index contributed by atoms with van der Waals surface area (Å²) < 4.78 is 0. The molecule has 4 rings (SSSR count). The highest BCUT2D eigenvalue weighted by Gasteiger charge is 2.27. The maximum absolute atomic E-state index is 4.70. The first-order valence-corrected chi connectivity index (χ1v) is 9.36. The molecule has 1 aromatic rings. The van der Waals surface area contributed by atoms with Crippen molar-refractivity contribution in [1.82, 2.24) is 15.7 Å². The molecule has 0 bridgehead atoms. The summed E-state index contributed by atoms with van der Waals surface area (Å²) in [5.74, 6) is 0. The molecule has 0 spiro atoms. The summed E-state index contributed by atoms with van der Waals surface area (Å²) in [6.07, 6.45) is 13.3. The van der Waals surface area contributed by atoms with Crippen LogP contribution in [0.5, 0.6) is 0 Å². The van der Waals surface area contributed by atoms with Crippen LogP contribution < -0.4 is 10.7 Å². The molecule has 0 saturated carbocycles. The smallest absolute Gasteiger partial charge is 0.0882 e. The lowest BCUT2D eigenvalue weighted by molar-refractivity contribution is 0.315. The molecule has 0 radical (unpaired) electrons. The lowest BCUT2D eigenvalue weighted by atomic mass is 9.84. The minimum Gasteiger partial charge on any atom is -0.388 e. The Labute approximate surface area is 150 Å². The third kappa shape index (κ3) is 3.30.